The highest BCUT2D eigenvalue weighted by Gasteiger charge is 2.27. The molecule has 2 unspecified atom stereocenters. The third-order valence-electron chi connectivity index (χ3n) is 5.66. The summed E-state index contributed by atoms with van der Waals surface area (Å²) in [5.74, 6) is 1.68. The molecular weight excluding hydrogens is 404 g/mol. The predicted molar refractivity (Wildman–Crippen MR) is 119 cm³/mol. The molecular formula is C22H30N2O3S2. The van der Waals surface area contributed by atoms with E-state index in [0.29, 0.717) is 6.61 Å². The molecule has 2 aliphatic heterocycles. The van der Waals surface area contributed by atoms with E-state index in [2.05, 4.69) is 27.3 Å². The molecule has 7 heteroatoms. The topological polar surface area (TPSA) is 45.2 Å². The summed E-state index contributed by atoms with van der Waals surface area (Å²) in [4.78, 5) is 7.63. The van der Waals surface area contributed by atoms with Crippen molar-refractivity contribution < 1.29 is 14.6 Å². The molecule has 0 aliphatic carbocycles. The predicted octanol–water partition coefficient (Wildman–Crippen LogP) is 3.57. The summed E-state index contributed by atoms with van der Waals surface area (Å²) in [6.45, 7) is 7.09. The van der Waals surface area contributed by atoms with Crippen molar-refractivity contribution in [2.24, 2.45) is 0 Å². The van der Waals surface area contributed by atoms with Crippen LogP contribution in [0.3, 0.4) is 0 Å². The third-order valence-corrected chi connectivity index (χ3v) is 7.94. The molecule has 2 atom stereocenters. The number of methoxy groups -OCH3 is 1. The number of rotatable bonds is 7. The number of thiophene rings is 1. The third kappa shape index (κ3) is 5.67. The van der Waals surface area contributed by atoms with Crippen LogP contribution in [0.2, 0.25) is 0 Å². The summed E-state index contributed by atoms with van der Waals surface area (Å²) in [6.07, 6.45) is 1.64. The lowest BCUT2D eigenvalue weighted by Crippen LogP contribution is -2.46. The lowest BCUT2D eigenvalue weighted by atomic mass is 10.1. The molecule has 0 bridgehead atoms. The first-order valence-corrected chi connectivity index (χ1v) is 12.1. The summed E-state index contributed by atoms with van der Waals surface area (Å²) in [7, 11) is 1.68. The lowest BCUT2D eigenvalue weighted by Gasteiger charge is -2.34. The summed E-state index contributed by atoms with van der Waals surface area (Å²) in [6, 6.07) is 10.2. The molecule has 1 fully saturated rings. The van der Waals surface area contributed by atoms with E-state index >= 15 is 0 Å². The molecule has 0 radical (unpaired) electrons. The number of piperazine rings is 1. The van der Waals surface area contributed by atoms with Gasteiger partial charge in [-0.15, -0.1) is 23.1 Å². The highest BCUT2D eigenvalue weighted by molar-refractivity contribution is 8.00. The van der Waals surface area contributed by atoms with Crippen molar-refractivity contribution in [3.63, 3.8) is 0 Å². The van der Waals surface area contributed by atoms with Crippen molar-refractivity contribution in [2.75, 3.05) is 46.4 Å². The number of benzene rings is 1. The van der Waals surface area contributed by atoms with Gasteiger partial charge < -0.3 is 19.5 Å². The normalized spacial score (nSPS) is 23.2. The van der Waals surface area contributed by atoms with Gasteiger partial charge in [-0.05, 0) is 49.0 Å². The molecule has 29 heavy (non-hydrogen) atoms. The Labute approximate surface area is 181 Å². The average molecular weight is 435 g/mol. The minimum absolute atomic E-state index is 0.156. The molecule has 0 amide bonds. The molecule has 1 saturated heterocycles. The molecule has 1 aromatic heterocycles. The van der Waals surface area contributed by atoms with Gasteiger partial charge >= 0.3 is 0 Å². The molecule has 0 saturated carbocycles. The zero-order chi connectivity index (χ0) is 20.1. The van der Waals surface area contributed by atoms with E-state index in [-0.39, 0.29) is 5.25 Å². The molecule has 0 spiro atoms. The number of hydrogen-bond donors (Lipinski definition) is 1. The van der Waals surface area contributed by atoms with E-state index in [1.807, 2.05) is 29.5 Å². The lowest BCUT2D eigenvalue weighted by molar-refractivity contribution is 0.0998. The van der Waals surface area contributed by atoms with Crippen molar-refractivity contribution in [3.8, 4) is 11.5 Å². The fraction of sp³-hybridized carbons (Fsp3) is 0.545. The fourth-order valence-corrected chi connectivity index (χ4v) is 5.93. The average Bonchev–Trinajstić information content (AvgIpc) is 3.20. The summed E-state index contributed by atoms with van der Waals surface area (Å²) in [5, 5.41) is 12.9. The number of aliphatic hydroxyl groups is 1. The molecule has 2 aromatic rings. The van der Waals surface area contributed by atoms with Gasteiger partial charge in [0.1, 0.15) is 24.2 Å². The van der Waals surface area contributed by atoms with Crippen LogP contribution < -0.4 is 9.47 Å². The standard InChI is InChI=1S/C22H30N2O3S2/c1-26-17-6-7-20-22(14-17)29-21(19(25)16-27-20)5-2-8-23-9-11-24(12-10-23)15-18-4-3-13-28-18/h3-4,6-7,13-14,19,21,25H,2,5,8-12,15-16H2,1H3. The Bertz CT molecular complexity index is 763. The van der Waals surface area contributed by atoms with Crippen molar-refractivity contribution in [1.82, 2.24) is 9.80 Å². The maximum absolute atomic E-state index is 10.5. The Kier molecular flexibility index (Phi) is 7.37. The zero-order valence-electron chi connectivity index (χ0n) is 17.0. The Balaban J connectivity index is 1.22. The first-order chi connectivity index (χ1) is 14.2. The van der Waals surface area contributed by atoms with E-state index < -0.39 is 6.10 Å². The van der Waals surface area contributed by atoms with Crippen LogP contribution in [0, 0.1) is 0 Å². The van der Waals surface area contributed by atoms with Gasteiger partial charge in [-0.1, -0.05) is 6.07 Å². The smallest absolute Gasteiger partial charge is 0.133 e. The first-order valence-electron chi connectivity index (χ1n) is 10.3. The Morgan fingerprint density at radius 2 is 2.00 bits per heavy atom. The Hall–Kier alpha value is -1.25. The van der Waals surface area contributed by atoms with Gasteiger partial charge in [0.15, 0.2) is 0 Å². The summed E-state index contributed by atoms with van der Waals surface area (Å²) in [5.41, 5.74) is 0. The maximum atomic E-state index is 10.5. The van der Waals surface area contributed by atoms with Gasteiger partial charge in [-0.25, -0.2) is 0 Å². The van der Waals surface area contributed by atoms with Gasteiger partial charge in [-0.2, -0.15) is 0 Å². The SMILES string of the molecule is COc1ccc2c(c1)SC(CCCN1CCN(Cc3cccs3)CC1)C(O)CO2. The number of ether oxygens (including phenoxy) is 2. The molecule has 3 heterocycles. The van der Waals surface area contributed by atoms with Crippen molar-refractivity contribution in [3.05, 3.63) is 40.6 Å². The number of aliphatic hydroxyl groups excluding tert-OH is 1. The second-order valence-corrected chi connectivity index (χ2v) is 10.00. The Morgan fingerprint density at radius 1 is 1.17 bits per heavy atom. The molecule has 1 aromatic carbocycles. The molecule has 158 valence electrons. The van der Waals surface area contributed by atoms with E-state index in [1.165, 1.54) is 4.88 Å². The Morgan fingerprint density at radius 3 is 2.76 bits per heavy atom. The quantitative estimate of drug-likeness (QED) is 0.719. The monoisotopic (exact) mass is 434 g/mol. The molecule has 4 rings (SSSR count). The summed E-state index contributed by atoms with van der Waals surface area (Å²) >= 11 is 3.57. The molecule has 1 N–H and O–H groups in total. The van der Waals surface area contributed by atoms with E-state index in [1.54, 1.807) is 18.9 Å². The van der Waals surface area contributed by atoms with Crippen LogP contribution in [0.4, 0.5) is 0 Å². The maximum Gasteiger partial charge on any atom is 0.133 e. The highest BCUT2D eigenvalue weighted by Crippen LogP contribution is 2.40. The van der Waals surface area contributed by atoms with Crippen molar-refractivity contribution in [2.45, 2.75) is 35.6 Å². The highest BCUT2D eigenvalue weighted by atomic mass is 32.2. The van der Waals surface area contributed by atoms with E-state index in [4.69, 9.17) is 9.47 Å². The van der Waals surface area contributed by atoms with Crippen LogP contribution in [-0.2, 0) is 6.54 Å². The van der Waals surface area contributed by atoms with Crippen LogP contribution in [0.5, 0.6) is 11.5 Å². The van der Waals surface area contributed by atoms with Gasteiger partial charge in [0.2, 0.25) is 0 Å². The first kappa shape index (κ1) is 21.0. The second-order valence-electron chi connectivity index (χ2n) is 7.69. The van der Waals surface area contributed by atoms with Crippen molar-refractivity contribution in [1.29, 1.82) is 0 Å². The molecule has 2 aliphatic rings. The summed E-state index contributed by atoms with van der Waals surface area (Å²) < 4.78 is 11.1. The number of thioether (sulfide) groups is 1. The van der Waals surface area contributed by atoms with Crippen LogP contribution in [0.1, 0.15) is 17.7 Å². The van der Waals surface area contributed by atoms with Crippen LogP contribution in [0.15, 0.2) is 40.6 Å². The number of nitrogens with zero attached hydrogens (tertiary/aromatic N) is 2. The minimum atomic E-state index is -0.443. The van der Waals surface area contributed by atoms with Gasteiger partial charge in [0.05, 0.1) is 12.0 Å². The van der Waals surface area contributed by atoms with Gasteiger partial charge in [0.25, 0.3) is 0 Å². The zero-order valence-corrected chi connectivity index (χ0v) is 18.6. The van der Waals surface area contributed by atoms with Crippen LogP contribution in [-0.4, -0.2) is 72.7 Å². The molecule has 5 nitrogen and oxygen atoms in total. The van der Waals surface area contributed by atoms with Crippen LogP contribution in [0.25, 0.3) is 0 Å². The number of fused-ring (bicyclic) bond motifs is 1. The van der Waals surface area contributed by atoms with E-state index in [9.17, 15) is 5.11 Å². The van der Waals surface area contributed by atoms with Gasteiger partial charge in [-0.3, -0.25) is 4.90 Å². The second kappa shape index (κ2) is 10.2. The van der Waals surface area contributed by atoms with E-state index in [0.717, 1.165) is 68.5 Å². The van der Waals surface area contributed by atoms with Crippen LogP contribution >= 0.6 is 23.1 Å². The van der Waals surface area contributed by atoms with Gasteiger partial charge in [0, 0.05) is 42.9 Å². The van der Waals surface area contributed by atoms with Crippen molar-refractivity contribution >= 4 is 23.1 Å². The number of hydrogen-bond acceptors (Lipinski definition) is 7. The minimum Gasteiger partial charge on any atom is -0.497 e. The largest absolute Gasteiger partial charge is 0.497 e. The fourth-order valence-electron chi connectivity index (χ4n) is 3.91.